The summed E-state index contributed by atoms with van der Waals surface area (Å²) < 4.78 is 1.52. The number of aromatic amines is 1. The summed E-state index contributed by atoms with van der Waals surface area (Å²) >= 11 is 0. The van der Waals surface area contributed by atoms with Gasteiger partial charge < -0.3 is 5.32 Å². The average molecular weight is 294 g/mol. The number of nitrogens with zero attached hydrogens (tertiary/aromatic N) is 2. The third kappa shape index (κ3) is 2.33. The van der Waals surface area contributed by atoms with Gasteiger partial charge in [-0.25, -0.2) is 9.50 Å². The third-order valence-electron chi connectivity index (χ3n) is 4.31. The second kappa shape index (κ2) is 5.42. The van der Waals surface area contributed by atoms with Crippen molar-refractivity contribution in [2.24, 2.45) is 0 Å². The van der Waals surface area contributed by atoms with Crippen LogP contribution >= 0.6 is 0 Å². The monoisotopic (exact) mass is 294 g/mol. The molecule has 2 aromatic heterocycles. The van der Waals surface area contributed by atoms with Crippen molar-refractivity contribution in [2.75, 3.05) is 13.1 Å². The molecule has 5 heteroatoms. The minimum absolute atomic E-state index is 0.0410. The van der Waals surface area contributed by atoms with E-state index in [1.165, 1.54) is 4.52 Å². The van der Waals surface area contributed by atoms with Crippen LogP contribution in [-0.2, 0) is 0 Å². The second-order valence-electron chi connectivity index (χ2n) is 5.77. The number of nitrogens with one attached hydrogen (secondary N) is 2. The lowest BCUT2D eigenvalue weighted by molar-refractivity contribution is 0.453. The molecule has 1 aliphatic heterocycles. The summed E-state index contributed by atoms with van der Waals surface area (Å²) in [6, 6.07) is 13.6. The van der Waals surface area contributed by atoms with Gasteiger partial charge in [-0.3, -0.25) is 9.89 Å². The fourth-order valence-electron chi connectivity index (χ4n) is 3.10. The predicted molar refractivity (Wildman–Crippen MR) is 86.1 cm³/mol. The lowest BCUT2D eigenvalue weighted by atomic mass is 9.94. The summed E-state index contributed by atoms with van der Waals surface area (Å²) in [6.07, 6.45) is 2.08. The zero-order valence-electron chi connectivity index (χ0n) is 12.2. The molecular weight excluding hydrogens is 276 g/mol. The molecule has 1 saturated heterocycles. The molecule has 0 unspecified atom stereocenters. The number of hydrogen-bond donors (Lipinski definition) is 2. The molecule has 5 nitrogen and oxygen atoms in total. The van der Waals surface area contributed by atoms with Crippen LogP contribution in [0, 0.1) is 0 Å². The Balaban J connectivity index is 1.79. The van der Waals surface area contributed by atoms with Crippen LogP contribution in [0.3, 0.4) is 0 Å². The van der Waals surface area contributed by atoms with Crippen LogP contribution in [0.5, 0.6) is 0 Å². The van der Waals surface area contributed by atoms with Gasteiger partial charge in [0.2, 0.25) is 0 Å². The number of H-pyrrole nitrogens is 1. The van der Waals surface area contributed by atoms with Crippen molar-refractivity contribution >= 4 is 5.65 Å². The number of benzene rings is 1. The van der Waals surface area contributed by atoms with Gasteiger partial charge >= 0.3 is 0 Å². The lowest BCUT2D eigenvalue weighted by Gasteiger charge is -2.21. The van der Waals surface area contributed by atoms with Crippen molar-refractivity contribution in [3.05, 3.63) is 58.5 Å². The van der Waals surface area contributed by atoms with Crippen molar-refractivity contribution in [3.8, 4) is 11.3 Å². The molecule has 0 bridgehead atoms. The van der Waals surface area contributed by atoms with Crippen LogP contribution in [0.15, 0.2) is 47.3 Å². The Morgan fingerprint density at radius 3 is 2.64 bits per heavy atom. The van der Waals surface area contributed by atoms with E-state index >= 15 is 0 Å². The molecule has 1 fully saturated rings. The number of hydrogen-bond acceptors (Lipinski definition) is 3. The van der Waals surface area contributed by atoms with Crippen molar-refractivity contribution in [3.63, 3.8) is 0 Å². The third-order valence-corrected chi connectivity index (χ3v) is 4.31. The summed E-state index contributed by atoms with van der Waals surface area (Å²) in [5.41, 5.74) is 3.54. The van der Waals surface area contributed by atoms with Gasteiger partial charge in [0.05, 0.1) is 11.4 Å². The van der Waals surface area contributed by atoms with Crippen LogP contribution < -0.4 is 10.9 Å². The SMILES string of the molecule is O=c1cc(C2CCNCC2)nc2cc(-c3ccccc3)[nH]n12. The maximum atomic E-state index is 12.4. The largest absolute Gasteiger partial charge is 0.317 e. The molecule has 3 heterocycles. The molecule has 0 radical (unpaired) electrons. The van der Waals surface area contributed by atoms with Crippen LogP contribution in [0.4, 0.5) is 0 Å². The summed E-state index contributed by atoms with van der Waals surface area (Å²) in [5, 5.41) is 6.48. The Kier molecular flexibility index (Phi) is 3.27. The highest BCUT2D eigenvalue weighted by Gasteiger charge is 2.18. The van der Waals surface area contributed by atoms with Crippen LogP contribution in [-0.4, -0.2) is 27.7 Å². The molecule has 0 aliphatic carbocycles. The molecule has 1 aliphatic rings. The molecular formula is C17H18N4O. The predicted octanol–water partition coefficient (Wildman–Crippen LogP) is 2.16. The van der Waals surface area contributed by atoms with Crippen molar-refractivity contribution in [2.45, 2.75) is 18.8 Å². The normalized spacial score (nSPS) is 16.2. The van der Waals surface area contributed by atoms with Crippen molar-refractivity contribution in [1.82, 2.24) is 19.9 Å². The topological polar surface area (TPSA) is 62.2 Å². The van der Waals surface area contributed by atoms with Gasteiger partial charge in [0.1, 0.15) is 0 Å². The summed E-state index contributed by atoms with van der Waals surface area (Å²) in [6.45, 7) is 1.99. The molecule has 3 aromatic rings. The molecule has 2 N–H and O–H groups in total. The van der Waals surface area contributed by atoms with Crippen LogP contribution in [0.1, 0.15) is 24.5 Å². The number of piperidine rings is 1. The molecule has 22 heavy (non-hydrogen) atoms. The van der Waals surface area contributed by atoms with Gasteiger partial charge in [-0.2, -0.15) is 0 Å². The van der Waals surface area contributed by atoms with Gasteiger partial charge in [-0.15, -0.1) is 0 Å². The highest BCUT2D eigenvalue weighted by Crippen LogP contribution is 2.24. The smallest absolute Gasteiger partial charge is 0.272 e. The van der Waals surface area contributed by atoms with E-state index in [1.807, 2.05) is 36.4 Å². The quantitative estimate of drug-likeness (QED) is 0.761. The number of aromatic nitrogens is 3. The van der Waals surface area contributed by atoms with Gasteiger partial charge in [0.15, 0.2) is 5.65 Å². The lowest BCUT2D eigenvalue weighted by Crippen LogP contribution is -2.28. The van der Waals surface area contributed by atoms with E-state index in [0.29, 0.717) is 11.6 Å². The first kappa shape index (κ1) is 13.3. The van der Waals surface area contributed by atoms with E-state index < -0.39 is 0 Å². The molecule has 0 amide bonds. The Morgan fingerprint density at radius 2 is 1.86 bits per heavy atom. The molecule has 1 aromatic carbocycles. The Hall–Kier alpha value is -2.40. The fraction of sp³-hybridized carbons (Fsp3) is 0.294. The van der Waals surface area contributed by atoms with Gasteiger partial charge in [-0.1, -0.05) is 30.3 Å². The standard InChI is InChI=1S/C17H18N4O/c22-17-11-14(13-6-8-18-9-7-13)19-16-10-15(20-21(16)17)12-4-2-1-3-5-12/h1-5,10-11,13,18,20H,6-9H2. The van der Waals surface area contributed by atoms with E-state index in [1.54, 1.807) is 6.07 Å². The summed E-state index contributed by atoms with van der Waals surface area (Å²) in [5.74, 6) is 0.383. The maximum absolute atomic E-state index is 12.4. The second-order valence-corrected chi connectivity index (χ2v) is 5.77. The minimum atomic E-state index is -0.0410. The Bertz CT molecular complexity index is 844. The first-order valence-electron chi connectivity index (χ1n) is 7.70. The van der Waals surface area contributed by atoms with Gasteiger partial charge in [-0.05, 0) is 31.5 Å². The van der Waals surface area contributed by atoms with Crippen molar-refractivity contribution in [1.29, 1.82) is 0 Å². The molecule has 0 spiro atoms. The van der Waals surface area contributed by atoms with E-state index in [2.05, 4.69) is 10.4 Å². The zero-order chi connectivity index (χ0) is 14.9. The van der Waals surface area contributed by atoms with Crippen molar-refractivity contribution < 1.29 is 0 Å². The van der Waals surface area contributed by atoms with E-state index in [-0.39, 0.29) is 5.56 Å². The highest BCUT2D eigenvalue weighted by molar-refractivity contribution is 5.63. The molecule has 0 atom stereocenters. The van der Waals surface area contributed by atoms with Crippen LogP contribution in [0.25, 0.3) is 16.9 Å². The maximum Gasteiger partial charge on any atom is 0.272 e. The first-order chi connectivity index (χ1) is 10.8. The fourth-order valence-corrected chi connectivity index (χ4v) is 3.10. The van der Waals surface area contributed by atoms with Gasteiger partial charge in [0, 0.05) is 18.1 Å². The highest BCUT2D eigenvalue weighted by atomic mass is 16.1. The first-order valence-corrected chi connectivity index (χ1v) is 7.70. The molecule has 4 rings (SSSR count). The van der Waals surface area contributed by atoms with E-state index in [4.69, 9.17) is 4.98 Å². The zero-order valence-corrected chi connectivity index (χ0v) is 12.2. The Morgan fingerprint density at radius 1 is 1.09 bits per heavy atom. The summed E-state index contributed by atoms with van der Waals surface area (Å²) in [4.78, 5) is 17.1. The number of rotatable bonds is 2. The molecule has 0 saturated carbocycles. The van der Waals surface area contributed by atoms with E-state index in [9.17, 15) is 4.79 Å². The number of fused-ring (bicyclic) bond motifs is 1. The minimum Gasteiger partial charge on any atom is -0.317 e. The van der Waals surface area contributed by atoms with Crippen LogP contribution in [0.2, 0.25) is 0 Å². The summed E-state index contributed by atoms with van der Waals surface area (Å²) in [7, 11) is 0. The molecule has 112 valence electrons. The Labute approximate surface area is 128 Å². The average Bonchev–Trinajstić information content (AvgIpc) is 3.01. The van der Waals surface area contributed by atoms with E-state index in [0.717, 1.165) is 42.9 Å². The van der Waals surface area contributed by atoms with Gasteiger partial charge in [0.25, 0.3) is 5.56 Å².